The van der Waals surface area contributed by atoms with Gasteiger partial charge >= 0.3 is 0 Å². The van der Waals surface area contributed by atoms with Gasteiger partial charge in [-0.15, -0.1) is 0 Å². The van der Waals surface area contributed by atoms with E-state index in [4.69, 9.17) is 5.26 Å². The van der Waals surface area contributed by atoms with Gasteiger partial charge in [0.05, 0.1) is 6.20 Å². The molecule has 2 heterocycles. The lowest BCUT2D eigenvalue weighted by molar-refractivity contribution is -0.133. The monoisotopic (exact) mass is 258 g/mol. The predicted octanol–water partition coefficient (Wildman–Crippen LogP) is 1.50. The third-order valence-corrected chi connectivity index (χ3v) is 4.18. The van der Waals surface area contributed by atoms with Crippen LogP contribution in [0.15, 0.2) is 6.20 Å². The smallest absolute Gasteiger partial charge is 0.235 e. The molecule has 0 atom stereocenters. The van der Waals surface area contributed by atoms with Gasteiger partial charge in [0.1, 0.15) is 11.6 Å². The largest absolute Gasteiger partial charge is 0.274 e. The van der Waals surface area contributed by atoms with Crippen LogP contribution in [0.1, 0.15) is 44.1 Å². The van der Waals surface area contributed by atoms with Crippen molar-refractivity contribution < 1.29 is 9.59 Å². The quantitative estimate of drug-likeness (QED) is 0.773. The van der Waals surface area contributed by atoms with E-state index in [1.807, 2.05) is 6.07 Å². The minimum atomic E-state index is -0.223. The second kappa shape index (κ2) is 4.19. The number of nitriles is 1. The number of piperidine rings is 1. The molecule has 0 aromatic carbocycles. The number of anilines is 1. The van der Waals surface area contributed by atoms with E-state index >= 15 is 0 Å². The van der Waals surface area contributed by atoms with E-state index in [9.17, 15) is 9.59 Å². The van der Waals surface area contributed by atoms with Crippen LogP contribution >= 0.6 is 0 Å². The van der Waals surface area contributed by atoms with Crippen molar-refractivity contribution in [1.82, 2.24) is 10.2 Å². The zero-order chi connectivity index (χ0) is 13.5. The van der Waals surface area contributed by atoms with Crippen molar-refractivity contribution in [2.24, 2.45) is 5.41 Å². The molecule has 1 saturated heterocycles. The number of H-pyrrole nitrogens is 1. The van der Waals surface area contributed by atoms with E-state index < -0.39 is 0 Å². The van der Waals surface area contributed by atoms with Gasteiger partial charge in [-0.1, -0.05) is 12.8 Å². The van der Waals surface area contributed by atoms with Crippen LogP contribution in [0.2, 0.25) is 0 Å². The minimum absolute atomic E-state index is 0.127. The lowest BCUT2D eigenvalue weighted by atomic mass is 9.76. The minimum Gasteiger partial charge on any atom is -0.274 e. The standard InChI is InChI=1S/C13H14N4O2/c14-7-9-8-15-16-12(9)17-10(18)5-13(6-11(17)19)3-1-2-4-13/h8H,1-6H2,(H,15,16). The summed E-state index contributed by atoms with van der Waals surface area (Å²) in [5.41, 5.74) is 0.0985. The van der Waals surface area contributed by atoms with E-state index in [0.717, 1.165) is 30.6 Å². The van der Waals surface area contributed by atoms with Crippen LogP contribution in [0.3, 0.4) is 0 Å². The molecule has 1 aromatic rings. The SMILES string of the molecule is N#Cc1cn[nH]c1N1C(=O)CC2(CCCC2)CC1=O. The molecule has 1 aromatic heterocycles. The van der Waals surface area contributed by atoms with Crippen molar-refractivity contribution in [3.05, 3.63) is 11.8 Å². The molecule has 98 valence electrons. The molecule has 0 radical (unpaired) electrons. The molecule has 1 N–H and O–H groups in total. The Labute approximate surface area is 110 Å². The molecule has 6 nitrogen and oxygen atoms in total. The highest BCUT2D eigenvalue weighted by molar-refractivity contribution is 6.17. The van der Waals surface area contributed by atoms with Gasteiger partial charge in [0, 0.05) is 12.8 Å². The van der Waals surface area contributed by atoms with Crippen LogP contribution in [0.25, 0.3) is 0 Å². The Balaban J connectivity index is 1.91. The maximum Gasteiger partial charge on any atom is 0.235 e. The Morgan fingerprint density at radius 2 is 1.89 bits per heavy atom. The molecule has 1 aliphatic heterocycles. The van der Waals surface area contributed by atoms with Crippen LogP contribution < -0.4 is 4.90 Å². The summed E-state index contributed by atoms with van der Waals surface area (Å²) in [6.45, 7) is 0. The van der Waals surface area contributed by atoms with E-state index in [0.29, 0.717) is 12.8 Å². The summed E-state index contributed by atoms with van der Waals surface area (Å²) in [5.74, 6) is -0.233. The molecule has 0 bridgehead atoms. The molecule has 3 rings (SSSR count). The van der Waals surface area contributed by atoms with Crippen molar-refractivity contribution in [3.63, 3.8) is 0 Å². The molecule has 2 aliphatic rings. The highest BCUT2D eigenvalue weighted by Gasteiger charge is 2.46. The molecule has 0 unspecified atom stereocenters. The molecule has 6 heteroatoms. The predicted molar refractivity (Wildman–Crippen MR) is 65.9 cm³/mol. The Hall–Kier alpha value is -2.16. The number of amides is 2. The maximum absolute atomic E-state index is 12.3. The number of carbonyl (C=O) groups is 2. The number of hydrogen-bond donors (Lipinski definition) is 1. The normalized spacial score (nSPS) is 21.9. The average Bonchev–Trinajstić information content (AvgIpc) is 2.98. The summed E-state index contributed by atoms with van der Waals surface area (Å²) in [6, 6.07) is 1.94. The van der Waals surface area contributed by atoms with E-state index in [1.54, 1.807) is 0 Å². The first kappa shape index (κ1) is 11.9. The molecule has 2 amide bonds. The second-order valence-electron chi connectivity index (χ2n) is 5.43. The average molecular weight is 258 g/mol. The van der Waals surface area contributed by atoms with Crippen LogP contribution in [-0.2, 0) is 9.59 Å². The van der Waals surface area contributed by atoms with E-state index in [-0.39, 0.29) is 28.6 Å². The summed E-state index contributed by atoms with van der Waals surface area (Å²) >= 11 is 0. The maximum atomic E-state index is 12.3. The first-order valence-electron chi connectivity index (χ1n) is 6.44. The lowest BCUT2D eigenvalue weighted by Gasteiger charge is -2.36. The molecule has 1 aliphatic carbocycles. The molecular formula is C13H14N4O2. The first-order chi connectivity index (χ1) is 9.15. The van der Waals surface area contributed by atoms with Crippen molar-refractivity contribution in [2.45, 2.75) is 38.5 Å². The summed E-state index contributed by atoms with van der Waals surface area (Å²) < 4.78 is 0. The summed E-state index contributed by atoms with van der Waals surface area (Å²) in [5, 5.41) is 15.3. The number of nitrogens with zero attached hydrogens (tertiary/aromatic N) is 3. The summed E-state index contributed by atoms with van der Waals surface area (Å²) in [7, 11) is 0. The highest BCUT2D eigenvalue weighted by atomic mass is 16.2. The fraction of sp³-hybridized carbons (Fsp3) is 0.538. The van der Waals surface area contributed by atoms with Gasteiger partial charge in [0.25, 0.3) is 0 Å². The number of imide groups is 1. The third-order valence-electron chi connectivity index (χ3n) is 4.18. The molecular weight excluding hydrogens is 244 g/mol. The van der Waals surface area contributed by atoms with Crippen molar-refractivity contribution in [2.75, 3.05) is 4.90 Å². The number of aromatic nitrogens is 2. The summed E-state index contributed by atoms with van der Waals surface area (Å²) in [4.78, 5) is 25.7. The molecule has 1 saturated carbocycles. The van der Waals surface area contributed by atoms with Crippen LogP contribution in [-0.4, -0.2) is 22.0 Å². The number of rotatable bonds is 1. The zero-order valence-electron chi connectivity index (χ0n) is 10.5. The van der Waals surface area contributed by atoms with Crippen LogP contribution in [0.4, 0.5) is 5.82 Å². The van der Waals surface area contributed by atoms with E-state index in [1.165, 1.54) is 6.20 Å². The van der Waals surface area contributed by atoms with Gasteiger partial charge in [-0.05, 0) is 18.3 Å². The number of carbonyl (C=O) groups excluding carboxylic acids is 2. The highest BCUT2D eigenvalue weighted by Crippen LogP contribution is 2.47. The molecule has 19 heavy (non-hydrogen) atoms. The van der Waals surface area contributed by atoms with Gasteiger partial charge in [-0.3, -0.25) is 14.7 Å². The molecule has 1 spiro atoms. The van der Waals surface area contributed by atoms with Crippen LogP contribution in [0.5, 0.6) is 0 Å². The van der Waals surface area contributed by atoms with Gasteiger partial charge in [0.2, 0.25) is 11.8 Å². The number of nitrogens with one attached hydrogen (secondary N) is 1. The number of hydrogen-bond acceptors (Lipinski definition) is 4. The van der Waals surface area contributed by atoms with Crippen molar-refractivity contribution in [1.29, 1.82) is 5.26 Å². The number of aromatic amines is 1. The van der Waals surface area contributed by atoms with Crippen LogP contribution in [0, 0.1) is 16.7 Å². The fourth-order valence-corrected chi connectivity index (χ4v) is 3.26. The Morgan fingerprint density at radius 1 is 1.26 bits per heavy atom. The van der Waals surface area contributed by atoms with Crippen molar-refractivity contribution in [3.8, 4) is 6.07 Å². The van der Waals surface area contributed by atoms with E-state index in [2.05, 4.69) is 10.2 Å². The Bertz CT molecular complexity index is 558. The first-order valence-corrected chi connectivity index (χ1v) is 6.44. The Kier molecular flexibility index (Phi) is 2.63. The Morgan fingerprint density at radius 3 is 2.47 bits per heavy atom. The summed E-state index contributed by atoms with van der Waals surface area (Å²) in [6.07, 6.45) is 6.20. The lowest BCUT2D eigenvalue weighted by Crippen LogP contribution is -2.47. The zero-order valence-corrected chi connectivity index (χ0v) is 10.5. The van der Waals surface area contributed by atoms with Gasteiger partial charge in [-0.25, -0.2) is 4.90 Å². The van der Waals surface area contributed by atoms with Crippen molar-refractivity contribution >= 4 is 17.6 Å². The third kappa shape index (κ3) is 1.82. The fourth-order valence-electron chi connectivity index (χ4n) is 3.26. The topological polar surface area (TPSA) is 89.8 Å². The molecule has 2 fully saturated rings. The second-order valence-corrected chi connectivity index (χ2v) is 5.43. The van der Waals surface area contributed by atoms with Gasteiger partial charge < -0.3 is 0 Å². The van der Waals surface area contributed by atoms with Gasteiger partial charge in [-0.2, -0.15) is 10.4 Å². The van der Waals surface area contributed by atoms with Gasteiger partial charge in [0.15, 0.2) is 5.82 Å².